The fourth-order valence-electron chi connectivity index (χ4n) is 2.66. The first kappa shape index (κ1) is 14.6. The van der Waals surface area contributed by atoms with E-state index < -0.39 is 0 Å². The summed E-state index contributed by atoms with van der Waals surface area (Å²) >= 11 is 6.15. The summed E-state index contributed by atoms with van der Waals surface area (Å²) in [5, 5.41) is 10.1. The zero-order chi connectivity index (χ0) is 13.8. The fraction of sp³-hybridized carbons (Fsp3) is 0.600. The molecule has 0 spiro atoms. The van der Waals surface area contributed by atoms with Crippen molar-refractivity contribution in [1.29, 1.82) is 0 Å². The number of hydrogen-bond acceptors (Lipinski definition) is 3. The Balaban J connectivity index is 2.08. The van der Waals surface area contributed by atoms with Crippen molar-refractivity contribution < 1.29 is 5.11 Å². The number of halogens is 1. The molecule has 0 saturated carbocycles. The average Bonchev–Trinajstić information content (AvgIpc) is 2.46. The van der Waals surface area contributed by atoms with E-state index in [0.717, 1.165) is 37.4 Å². The van der Waals surface area contributed by atoms with E-state index in [1.807, 2.05) is 12.1 Å². The van der Waals surface area contributed by atoms with Crippen LogP contribution in [0.5, 0.6) is 0 Å². The summed E-state index contributed by atoms with van der Waals surface area (Å²) < 4.78 is 0. The van der Waals surface area contributed by atoms with Gasteiger partial charge in [0.25, 0.3) is 0 Å². The van der Waals surface area contributed by atoms with Crippen LogP contribution in [0.2, 0.25) is 5.02 Å². The van der Waals surface area contributed by atoms with Crippen molar-refractivity contribution in [3.05, 3.63) is 28.8 Å². The summed E-state index contributed by atoms with van der Waals surface area (Å²) in [6, 6.07) is 6.50. The Kier molecular flexibility index (Phi) is 5.08. The van der Waals surface area contributed by atoms with E-state index in [9.17, 15) is 5.11 Å². The molecular weight excluding hydrogens is 260 g/mol. The van der Waals surface area contributed by atoms with E-state index >= 15 is 0 Å². The van der Waals surface area contributed by atoms with Crippen LogP contribution in [0.3, 0.4) is 0 Å². The molecule has 1 N–H and O–H groups in total. The molecule has 1 heterocycles. The maximum atomic E-state index is 9.49. The molecule has 1 atom stereocenters. The molecule has 1 aliphatic rings. The summed E-state index contributed by atoms with van der Waals surface area (Å²) in [7, 11) is 0. The third kappa shape index (κ3) is 3.22. The molecule has 106 valence electrons. The van der Waals surface area contributed by atoms with Gasteiger partial charge in [0, 0.05) is 48.5 Å². The van der Waals surface area contributed by atoms with Gasteiger partial charge in [0.1, 0.15) is 0 Å². The molecule has 1 aromatic carbocycles. The number of hydrogen-bond donors (Lipinski definition) is 1. The summed E-state index contributed by atoms with van der Waals surface area (Å²) in [5.41, 5.74) is 1.93. The van der Waals surface area contributed by atoms with Gasteiger partial charge < -0.3 is 10.0 Å². The molecule has 1 unspecified atom stereocenters. The van der Waals surface area contributed by atoms with Crippen LogP contribution in [0.1, 0.15) is 25.8 Å². The van der Waals surface area contributed by atoms with Crippen molar-refractivity contribution in [2.45, 2.75) is 32.9 Å². The van der Waals surface area contributed by atoms with Gasteiger partial charge in [-0.1, -0.05) is 24.6 Å². The highest BCUT2D eigenvalue weighted by molar-refractivity contribution is 6.31. The Labute approximate surface area is 120 Å². The first-order valence-corrected chi connectivity index (χ1v) is 7.42. The average molecular weight is 283 g/mol. The van der Waals surface area contributed by atoms with Crippen LogP contribution in [0, 0.1) is 0 Å². The topological polar surface area (TPSA) is 26.7 Å². The first-order valence-electron chi connectivity index (χ1n) is 7.04. The van der Waals surface area contributed by atoms with E-state index in [2.05, 4.69) is 29.7 Å². The Morgan fingerprint density at radius 1 is 1.26 bits per heavy atom. The van der Waals surface area contributed by atoms with Crippen molar-refractivity contribution in [1.82, 2.24) is 4.90 Å². The van der Waals surface area contributed by atoms with E-state index in [-0.39, 0.29) is 6.61 Å². The largest absolute Gasteiger partial charge is 0.392 e. The molecule has 19 heavy (non-hydrogen) atoms. The summed E-state index contributed by atoms with van der Waals surface area (Å²) in [6.45, 7) is 8.67. The lowest BCUT2D eigenvalue weighted by Gasteiger charge is -2.39. The first-order chi connectivity index (χ1) is 9.17. The maximum absolute atomic E-state index is 9.49. The molecule has 1 saturated heterocycles. The Bertz CT molecular complexity index is 417. The Morgan fingerprint density at radius 2 is 1.95 bits per heavy atom. The van der Waals surface area contributed by atoms with E-state index in [1.54, 1.807) is 0 Å². The molecule has 1 aliphatic heterocycles. The fourth-order valence-corrected chi connectivity index (χ4v) is 2.89. The number of aliphatic hydroxyl groups excluding tert-OH is 1. The molecule has 0 aromatic heterocycles. The highest BCUT2D eigenvalue weighted by atomic mass is 35.5. The standard InChI is InChI=1S/C15H23ClN2O/c1-3-12(2)17-7-9-18(10-8-17)15-6-4-5-14(16)13(15)11-19/h4-6,12,19H,3,7-11H2,1-2H3. The van der Waals surface area contributed by atoms with Gasteiger partial charge >= 0.3 is 0 Å². The number of nitrogens with zero attached hydrogens (tertiary/aromatic N) is 2. The van der Waals surface area contributed by atoms with Crippen LogP contribution in [-0.2, 0) is 6.61 Å². The Morgan fingerprint density at radius 3 is 2.53 bits per heavy atom. The van der Waals surface area contributed by atoms with Crippen molar-refractivity contribution in [3.8, 4) is 0 Å². The van der Waals surface area contributed by atoms with Gasteiger partial charge in [0.15, 0.2) is 0 Å². The lowest BCUT2D eigenvalue weighted by molar-refractivity contribution is 0.192. The van der Waals surface area contributed by atoms with Crippen LogP contribution in [0.15, 0.2) is 18.2 Å². The number of anilines is 1. The van der Waals surface area contributed by atoms with Crippen molar-refractivity contribution in [3.63, 3.8) is 0 Å². The van der Waals surface area contributed by atoms with Crippen molar-refractivity contribution in [2.75, 3.05) is 31.1 Å². The molecule has 0 amide bonds. The number of benzene rings is 1. The number of rotatable bonds is 4. The van der Waals surface area contributed by atoms with Crippen LogP contribution in [0.25, 0.3) is 0 Å². The van der Waals surface area contributed by atoms with E-state index in [1.165, 1.54) is 6.42 Å². The second kappa shape index (κ2) is 6.60. The van der Waals surface area contributed by atoms with Crippen molar-refractivity contribution in [2.24, 2.45) is 0 Å². The molecule has 0 aliphatic carbocycles. The van der Waals surface area contributed by atoms with E-state index in [4.69, 9.17) is 11.6 Å². The summed E-state index contributed by atoms with van der Waals surface area (Å²) in [5.74, 6) is 0. The van der Waals surface area contributed by atoms with Crippen LogP contribution < -0.4 is 4.90 Å². The monoisotopic (exact) mass is 282 g/mol. The predicted octanol–water partition coefficient (Wildman–Crippen LogP) is 2.75. The minimum atomic E-state index is 0.000579. The number of piperazine rings is 1. The van der Waals surface area contributed by atoms with Crippen LogP contribution in [-0.4, -0.2) is 42.2 Å². The molecule has 2 rings (SSSR count). The van der Waals surface area contributed by atoms with Crippen molar-refractivity contribution >= 4 is 17.3 Å². The van der Waals surface area contributed by atoms with Gasteiger partial charge in [-0.15, -0.1) is 0 Å². The smallest absolute Gasteiger partial charge is 0.0716 e. The molecule has 4 heteroatoms. The van der Waals surface area contributed by atoms with Gasteiger partial charge in [-0.25, -0.2) is 0 Å². The van der Waals surface area contributed by atoms with Crippen LogP contribution >= 0.6 is 11.6 Å². The normalized spacial score (nSPS) is 18.6. The highest BCUT2D eigenvalue weighted by Crippen LogP contribution is 2.28. The Hall–Kier alpha value is -0.770. The maximum Gasteiger partial charge on any atom is 0.0716 e. The molecule has 1 aromatic rings. The van der Waals surface area contributed by atoms with Gasteiger partial charge in [-0.2, -0.15) is 0 Å². The zero-order valence-corrected chi connectivity index (χ0v) is 12.5. The van der Waals surface area contributed by atoms with Crippen LogP contribution in [0.4, 0.5) is 5.69 Å². The lowest BCUT2D eigenvalue weighted by atomic mass is 10.1. The summed E-state index contributed by atoms with van der Waals surface area (Å²) in [4.78, 5) is 4.86. The van der Waals surface area contributed by atoms with E-state index in [0.29, 0.717) is 11.1 Å². The minimum absolute atomic E-state index is 0.000579. The minimum Gasteiger partial charge on any atom is -0.392 e. The lowest BCUT2D eigenvalue weighted by Crippen LogP contribution is -2.49. The predicted molar refractivity (Wildman–Crippen MR) is 80.9 cm³/mol. The summed E-state index contributed by atoms with van der Waals surface area (Å²) in [6.07, 6.45) is 1.19. The highest BCUT2D eigenvalue weighted by Gasteiger charge is 2.22. The third-order valence-electron chi connectivity index (χ3n) is 4.12. The molecule has 0 bridgehead atoms. The SMILES string of the molecule is CCC(C)N1CCN(c2cccc(Cl)c2CO)CC1. The van der Waals surface area contributed by atoms with Gasteiger partial charge in [-0.05, 0) is 25.5 Å². The number of aliphatic hydroxyl groups is 1. The molecule has 1 fully saturated rings. The molecular formula is C15H23ClN2O. The third-order valence-corrected chi connectivity index (χ3v) is 4.48. The quantitative estimate of drug-likeness (QED) is 0.920. The van der Waals surface area contributed by atoms with Gasteiger partial charge in [0.2, 0.25) is 0 Å². The van der Waals surface area contributed by atoms with Gasteiger partial charge in [-0.3, -0.25) is 4.90 Å². The zero-order valence-electron chi connectivity index (χ0n) is 11.8. The molecule has 3 nitrogen and oxygen atoms in total. The molecule has 0 radical (unpaired) electrons. The second-order valence-corrected chi connectivity index (χ2v) is 5.58. The van der Waals surface area contributed by atoms with Gasteiger partial charge in [0.05, 0.1) is 6.61 Å². The second-order valence-electron chi connectivity index (χ2n) is 5.18.